The molecule has 4 heteroatoms. The van der Waals surface area contributed by atoms with Crippen LogP contribution < -0.4 is 4.74 Å². The first kappa shape index (κ1) is 23.1. The Labute approximate surface area is 187 Å². The van der Waals surface area contributed by atoms with Crippen molar-refractivity contribution in [1.29, 1.82) is 0 Å². The molecular formula is C27H36N2O2. The van der Waals surface area contributed by atoms with Crippen LogP contribution in [0.2, 0.25) is 0 Å². The molecule has 0 saturated carbocycles. The average molecular weight is 421 g/mol. The highest BCUT2D eigenvalue weighted by molar-refractivity contribution is 5.66. The Morgan fingerprint density at radius 3 is 2.06 bits per heavy atom. The summed E-state index contributed by atoms with van der Waals surface area (Å²) in [6.07, 6.45) is 10.3. The van der Waals surface area contributed by atoms with E-state index in [1.165, 1.54) is 61.6 Å². The van der Waals surface area contributed by atoms with Gasteiger partial charge in [0.25, 0.3) is 5.89 Å². The van der Waals surface area contributed by atoms with Crippen molar-refractivity contribution in [3.63, 3.8) is 0 Å². The molecule has 0 saturated heterocycles. The van der Waals surface area contributed by atoms with Crippen molar-refractivity contribution >= 4 is 0 Å². The number of hydrogen-bond acceptors (Lipinski definition) is 4. The number of nitrogens with zero attached hydrogens (tertiary/aromatic N) is 2. The lowest BCUT2D eigenvalue weighted by atomic mass is 10.0. The lowest BCUT2D eigenvalue weighted by Crippen LogP contribution is -2.00. The van der Waals surface area contributed by atoms with E-state index in [2.05, 4.69) is 50.0 Å². The summed E-state index contributed by atoms with van der Waals surface area (Å²) in [5.74, 6) is 1.86. The van der Waals surface area contributed by atoms with Crippen LogP contribution in [0.4, 0.5) is 0 Å². The quantitative estimate of drug-likeness (QED) is 0.280. The lowest BCUT2D eigenvalue weighted by molar-refractivity contribution is 0.304. The zero-order chi connectivity index (χ0) is 22.1. The van der Waals surface area contributed by atoms with Crippen LogP contribution in [0, 0.1) is 20.8 Å². The minimum Gasteiger partial charge on any atom is -0.493 e. The minimum absolute atomic E-state index is 0.504. The van der Waals surface area contributed by atoms with Crippen molar-refractivity contribution in [2.75, 3.05) is 6.61 Å². The maximum Gasteiger partial charge on any atom is 0.251 e. The molecule has 0 fully saturated rings. The zero-order valence-electron chi connectivity index (χ0n) is 19.5. The fraction of sp³-hybridized carbons (Fsp3) is 0.481. The smallest absolute Gasteiger partial charge is 0.251 e. The maximum absolute atomic E-state index is 6.18. The molecule has 0 bridgehead atoms. The first-order chi connectivity index (χ1) is 15.1. The molecule has 0 aliphatic heterocycles. The predicted octanol–water partition coefficient (Wildman–Crippen LogP) is 7.85. The van der Waals surface area contributed by atoms with E-state index in [1.807, 2.05) is 24.3 Å². The molecule has 0 spiro atoms. The van der Waals surface area contributed by atoms with Crippen LogP contribution in [-0.4, -0.2) is 16.8 Å². The van der Waals surface area contributed by atoms with E-state index in [4.69, 9.17) is 9.15 Å². The number of aryl methyl sites for hydroxylation is 3. The van der Waals surface area contributed by atoms with Crippen molar-refractivity contribution in [1.82, 2.24) is 10.2 Å². The van der Waals surface area contributed by atoms with Gasteiger partial charge in [0, 0.05) is 5.56 Å². The van der Waals surface area contributed by atoms with E-state index >= 15 is 0 Å². The highest BCUT2D eigenvalue weighted by Gasteiger charge is 2.16. The van der Waals surface area contributed by atoms with Gasteiger partial charge in [0.1, 0.15) is 5.75 Å². The zero-order valence-corrected chi connectivity index (χ0v) is 19.5. The Balaban J connectivity index is 1.62. The van der Waals surface area contributed by atoms with Gasteiger partial charge in [-0.3, -0.25) is 0 Å². The summed E-state index contributed by atoms with van der Waals surface area (Å²) in [6, 6.07) is 12.3. The molecule has 0 atom stereocenters. The second-order valence-corrected chi connectivity index (χ2v) is 8.53. The molecule has 0 unspecified atom stereocenters. The Morgan fingerprint density at radius 1 is 0.742 bits per heavy atom. The predicted molar refractivity (Wildman–Crippen MR) is 127 cm³/mol. The van der Waals surface area contributed by atoms with Gasteiger partial charge in [-0.2, -0.15) is 0 Å². The molecule has 0 aliphatic carbocycles. The Bertz CT molecular complexity index is 944. The van der Waals surface area contributed by atoms with Crippen LogP contribution >= 0.6 is 0 Å². The minimum atomic E-state index is 0.504. The van der Waals surface area contributed by atoms with Gasteiger partial charge in [0.2, 0.25) is 5.89 Å². The topological polar surface area (TPSA) is 48.2 Å². The van der Waals surface area contributed by atoms with E-state index in [0.29, 0.717) is 18.4 Å². The van der Waals surface area contributed by atoms with Crippen LogP contribution in [0.3, 0.4) is 0 Å². The maximum atomic E-state index is 6.18. The molecular weight excluding hydrogens is 384 g/mol. The van der Waals surface area contributed by atoms with Gasteiger partial charge in [-0.25, -0.2) is 0 Å². The average Bonchev–Trinajstić information content (AvgIpc) is 3.25. The van der Waals surface area contributed by atoms with E-state index in [-0.39, 0.29) is 0 Å². The summed E-state index contributed by atoms with van der Waals surface area (Å²) < 4.78 is 12.2. The third kappa shape index (κ3) is 6.68. The van der Waals surface area contributed by atoms with Gasteiger partial charge in [-0.05, 0) is 62.6 Å². The third-order valence-electron chi connectivity index (χ3n) is 5.81. The fourth-order valence-electron chi connectivity index (χ4n) is 3.64. The SMILES string of the molecule is CCCCCCCCCCOc1cc(C)c(C)cc1-c1nnc(-c2ccc(C)cc2)o1. The van der Waals surface area contributed by atoms with Gasteiger partial charge >= 0.3 is 0 Å². The van der Waals surface area contributed by atoms with Crippen molar-refractivity contribution in [2.24, 2.45) is 0 Å². The summed E-state index contributed by atoms with van der Waals surface area (Å²) in [7, 11) is 0. The van der Waals surface area contributed by atoms with Gasteiger partial charge in [-0.15, -0.1) is 10.2 Å². The molecule has 2 aromatic carbocycles. The van der Waals surface area contributed by atoms with Gasteiger partial charge < -0.3 is 9.15 Å². The second kappa shape index (κ2) is 11.7. The Kier molecular flexibility index (Phi) is 8.69. The summed E-state index contributed by atoms with van der Waals surface area (Å²) in [5.41, 5.74) is 5.38. The van der Waals surface area contributed by atoms with Crippen molar-refractivity contribution in [3.8, 4) is 28.7 Å². The van der Waals surface area contributed by atoms with Crippen LogP contribution in [0.15, 0.2) is 40.8 Å². The highest BCUT2D eigenvalue weighted by Crippen LogP contribution is 2.33. The third-order valence-corrected chi connectivity index (χ3v) is 5.81. The van der Waals surface area contributed by atoms with Gasteiger partial charge in [-0.1, -0.05) is 69.6 Å². The molecule has 3 aromatic rings. The molecule has 3 rings (SSSR count). The number of benzene rings is 2. The first-order valence-electron chi connectivity index (χ1n) is 11.7. The van der Waals surface area contributed by atoms with Crippen molar-refractivity contribution in [2.45, 2.75) is 79.1 Å². The standard InChI is InChI=1S/C27H36N2O2/c1-5-6-7-8-9-10-11-12-17-30-25-19-22(4)21(3)18-24(25)27-29-28-26(31-27)23-15-13-20(2)14-16-23/h13-16,18-19H,5-12,17H2,1-4H3. The van der Waals surface area contributed by atoms with E-state index in [9.17, 15) is 0 Å². The number of ether oxygens (including phenoxy) is 1. The molecule has 31 heavy (non-hydrogen) atoms. The summed E-state index contributed by atoms with van der Waals surface area (Å²) in [4.78, 5) is 0. The summed E-state index contributed by atoms with van der Waals surface area (Å²) >= 11 is 0. The second-order valence-electron chi connectivity index (χ2n) is 8.53. The number of rotatable bonds is 12. The van der Waals surface area contributed by atoms with E-state index < -0.39 is 0 Å². The van der Waals surface area contributed by atoms with E-state index in [1.54, 1.807) is 0 Å². The number of hydrogen-bond donors (Lipinski definition) is 0. The number of unbranched alkanes of at least 4 members (excludes halogenated alkanes) is 7. The van der Waals surface area contributed by atoms with E-state index in [0.717, 1.165) is 23.3 Å². The first-order valence-corrected chi connectivity index (χ1v) is 11.7. The molecule has 0 amide bonds. The fourth-order valence-corrected chi connectivity index (χ4v) is 3.64. The van der Waals surface area contributed by atoms with Gasteiger partial charge in [0.05, 0.1) is 12.2 Å². The molecule has 0 aliphatic rings. The summed E-state index contributed by atoms with van der Waals surface area (Å²) in [5, 5.41) is 8.58. The van der Waals surface area contributed by atoms with Crippen LogP contribution in [0.1, 0.15) is 75.0 Å². The van der Waals surface area contributed by atoms with Gasteiger partial charge in [0.15, 0.2) is 0 Å². The van der Waals surface area contributed by atoms with Crippen LogP contribution in [-0.2, 0) is 0 Å². The monoisotopic (exact) mass is 420 g/mol. The molecule has 4 nitrogen and oxygen atoms in total. The largest absolute Gasteiger partial charge is 0.493 e. The number of aromatic nitrogens is 2. The Hall–Kier alpha value is -2.62. The lowest BCUT2D eigenvalue weighted by Gasteiger charge is -2.12. The van der Waals surface area contributed by atoms with Crippen molar-refractivity contribution in [3.05, 3.63) is 53.1 Å². The molecule has 0 radical (unpaired) electrons. The van der Waals surface area contributed by atoms with Crippen molar-refractivity contribution < 1.29 is 9.15 Å². The molecule has 1 aromatic heterocycles. The van der Waals surface area contributed by atoms with Crippen LogP contribution in [0.5, 0.6) is 5.75 Å². The summed E-state index contributed by atoms with van der Waals surface area (Å²) in [6.45, 7) is 9.24. The van der Waals surface area contributed by atoms with Crippen LogP contribution in [0.25, 0.3) is 22.9 Å². The normalized spacial score (nSPS) is 11.1. The molecule has 166 valence electrons. The molecule has 0 N–H and O–H groups in total. The Morgan fingerprint density at radius 2 is 1.35 bits per heavy atom. The highest BCUT2D eigenvalue weighted by atomic mass is 16.5. The molecule has 1 heterocycles.